The number of pyridine rings is 1. The largest absolute Gasteiger partial charge is 0.394 e. The summed E-state index contributed by atoms with van der Waals surface area (Å²) in [4.78, 5) is 7.23. The number of nitrogens with two attached hydrogens (primary N) is 1. The summed E-state index contributed by atoms with van der Waals surface area (Å²) in [6, 6.07) is 2.00. The highest BCUT2D eigenvalue weighted by Gasteiger charge is 2.28. The minimum absolute atomic E-state index is 0.0372. The van der Waals surface area contributed by atoms with Crippen molar-refractivity contribution in [1.82, 2.24) is 4.98 Å². The van der Waals surface area contributed by atoms with Crippen LogP contribution in [0.5, 0.6) is 0 Å². The lowest BCUT2D eigenvalue weighted by molar-refractivity contribution is 0.0722. The first-order chi connectivity index (χ1) is 9.70. The fourth-order valence-electron chi connectivity index (χ4n) is 2.95. The molecule has 0 spiro atoms. The molecule has 20 heavy (non-hydrogen) atoms. The molecule has 3 rings (SSSR count). The van der Waals surface area contributed by atoms with Crippen molar-refractivity contribution in [3.63, 3.8) is 0 Å². The molecular weight excluding hydrogens is 274 g/mol. The lowest BCUT2D eigenvalue weighted by atomic mass is 10.1. The van der Waals surface area contributed by atoms with Gasteiger partial charge in [-0.3, -0.25) is 0 Å². The third-order valence-corrected chi connectivity index (χ3v) is 4.23. The predicted octanol–water partition coefficient (Wildman–Crippen LogP) is 0.402. The van der Waals surface area contributed by atoms with Crippen LogP contribution >= 0.6 is 12.2 Å². The molecule has 1 aromatic rings. The molecule has 6 heteroatoms. The third-order valence-electron chi connectivity index (χ3n) is 4.01. The van der Waals surface area contributed by atoms with E-state index < -0.39 is 0 Å². The Morgan fingerprint density at radius 1 is 1.55 bits per heavy atom. The molecule has 1 aromatic heterocycles. The van der Waals surface area contributed by atoms with Gasteiger partial charge in [-0.2, -0.15) is 0 Å². The molecule has 108 valence electrons. The number of aromatic nitrogens is 1. The quantitative estimate of drug-likeness (QED) is 0.786. The van der Waals surface area contributed by atoms with Crippen molar-refractivity contribution in [1.29, 1.82) is 0 Å². The van der Waals surface area contributed by atoms with E-state index in [-0.39, 0.29) is 12.6 Å². The second-order valence-electron chi connectivity index (χ2n) is 5.29. The maximum absolute atomic E-state index is 9.53. The molecule has 1 aliphatic carbocycles. The van der Waals surface area contributed by atoms with E-state index in [1.807, 2.05) is 0 Å². The second-order valence-corrected chi connectivity index (χ2v) is 5.73. The molecule has 2 aliphatic rings. The number of hydrogen-bond acceptors (Lipinski definition) is 5. The van der Waals surface area contributed by atoms with Gasteiger partial charge >= 0.3 is 0 Å². The molecule has 3 N–H and O–H groups in total. The van der Waals surface area contributed by atoms with E-state index in [1.165, 1.54) is 5.56 Å². The SMILES string of the molecule is NC(=S)c1cc2c(nc1N1CCOCC1CO)CCC2. The molecule has 0 aromatic carbocycles. The van der Waals surface area contributed by atoms with E-state index in [4.69, 9.17) is 27.7 Å². The standard InChI is InChI=1S/C14H19N3O2S/c15-13(20)11-6-9-2-1-3-12(9)16-14(11)17-4-5-19-8-10(17)7-18/h6,10,18H,1-5,7-8H2,(H2,15,20). The number of aliphatic hydroxyl groups is 1. The van der Waals surface area contributed by atoms with Gasteiger partial charge in [0.05, 0.1) is 31.4 Å². The topological polar surface area (TPSA) is 71.6 Å². The molecule has 1 aliphatic heterocycles. The highest BCUT2D eigenvalue weighted by Crippen LogP contribution is 2.29. The number of ether oxygens (including phenoxy) is 1. The molecule has 5 nitrogen and oxygen atoms in total. The van der Waals surface area contributed by atoms with Gasteiger partial charge in [-0.05, 0) is 30.9 Å². The fraction of sp³-hybridized carbons (Fsp3) is 0.571. The first-order valence-corrected chi connectivity index (χ1v) is 7.39. The number of thiocarbonyl (C=S) groups is 1. The fourth-order valence-corrected chi connectivity index (χ4v) is 3.10. The summed E-state index contributed by atoms with van der Waals surface area (Å²) < 4.78 is 5.42. The summed E-state index contributed by atoms with van der Waals surface area (Å²) in [5.41, 5.74) is 9.09. The monoisotopic (exact) mass is 293 g/mol. The Labute approximate surface area is 123 Å². The lowest BCUT2D eigenvalue weighted by Gasteiger charge is -2.36. The molecule has 0 amide bonds. The smallest absolute Gasteiger partial charge is 0.139 e. The third kappa shape index (κ3) is 2.39. The predicted molar refractivity (Wildman–Crippen MR) is 81.2 cm³/mol. The summed E-state index contributed by atoms with van der Waals surface area (Å²) >= 11 is 5.18. The van der Waals surface area contributed by atoms with Crippen molar-refractivity contribution in [3.8, 4) is 0 Å². The first kappa shape index (κ1) is 13.7. The molecule has 1 atom stereocenters. The van der Waals surface area contributed by atoms with E-state index in [0.29, 0.717) is 24.7 Å². The number of fused-ring (bicyclic) bond motifs is 1. The molecule has 0 radical (unpaired) electrons. The van der Waals surface area contributed by atoms with E-state index in [1.54, 1.807) is 0 Å². The van der Waals surface area contributed by atoms with Gasteiger partial charge in [0.2, 0.25) is 0 Å². The number of nitrogens with zero attached hydrogens (tertiary/aromatic N) is 2. The minimum Gasteiger partial charge on any atom is -0.394 e. The van der Waals surface area contributed by atoms with Gasteiger partial charge in [0.15, 0.2) is 0 Å². The number of rotatable bonds is 3. The van der Waals surface area contributed by atoms with Crippen LogP contribution in [0.25, 0.3) is 0 Å². The van der Waals surface area contributed by atoms with Crippen molar-refractivity contribution < 1.29 is 9.84 Å². The Bertz CT molecular complexity index is 535. The van der Waals surface area contributed by atoms with E-state index in [9.17, 15) is 5.11 Å². The number of morpholine rings is 1. The number of anilines is 1. The average Bonchev–Trinajstić information content (AvgIpc) is 2.93. The van der Waals surface area contributed by atoms with Crippen molar-refractivity contribution >= 4 is 23.0 Å². The van der Waals surface area contributed by atoms with Crippen LogP contribution in [0.2, 0.25) is 0 Å². The maximum Gasteiger partial charge on any atom is 0.139 e. The van der Waals surface area contributed by atoms with Crippen molar-refractivity contribution in [2.24, 2.45) is 5.73 Å². The average molecular weight is 293 g/mol. The van der Waals surface area contributed by atoms with Crippen molar-refractivity contribution in [3.05, 3.63) is 22.9 Å². The first-order valence-electron chi connectivity index (χ1n) is 6.98. The summed E-state index contributed by atoms with van der Waals surface area (Å²) in [5.74, 6) is 0.806. The molecule has 1 saturated heterocycles. The van der Waals surface area contributed by atoms with Crippen molar-refractivity contribution in [2.75, 3.05) is 31.3 Å². The number of aryl methyl sites for hydroxylation is 2. The zero-order valence-electron chi connectivity index (χ0n) is 11.3. The van der Waals surface area contributed by atoms with Gasteiger partial charge in [-0.25, -0.2) is 4.98 Å². The van der Waals surface area contributed by atoms with Crippen LogP contribution in [-0.4, -0.2) is 47.5 Å². The van der Waals surface area contributed by atoms with Gasteiger partial charge in [-0.15, -0.1) is 0 Å². The van der Waals surface area contributed by atoms with Gasteiger partial charge in [-0.1, -0.05) is 12.2 Å². The summed E-state index contributed by atoms with van der Waals surface area (Å²) in [6.45, 7) is 1.88. The molecular formula is C14H19N3O2S. The van der Waals surface area contributed by atoms with Gasteiger partial charge < -0.3 is 20.5 Å². The van der Waals surface area contributed by atoms with Crippen LogP contribution in [0.15, 0.2) is 6.07 Å². The summed E-state index contributed by atoms with van der Waals surface area (Å²) in [6.07, 6.45) is 3.19. The Morgan fingerprint density at radius 3 is 3.15 bits per heavy atom. The maximum atomic E-state index is 9.53. The van der Waals surface area contributed by atoms with Gasteiger partial charge in [0.25, 0.3) is 0 Å². The molecule has 2 heterocycles. The number of aliphatic hydroxyl groups excluding tert-OH is 1. The van der Waals surface area contributed by atoms with Crippen LogP contribution < -0.4 is 10.6 Å². The van der Waals surface area contributed by atoms with Gasteiger partial charge in [0.1, 0.15) is 10.8 Å². The van der Waals surface area contributed by atoms with E-state index in [2.05, 4.69) is 11.0 Å². The highest BCUT2D eigenvalue weighted by atomic mass is 32.1. The summed E-state index contributed by atoms with van der Waals surface area (Å²) in [5, 5.41) is 9.53. The second kappa shape index (κ2) is 5.63. The Balaban J connectivity index is 2.04. The zero-order chi connectivity index (χ0) is 14.1. The Kier molecular flexibility index (Phi) is 3.87. The normalized spacial score (nSPS) is 21.9. The minimum atomic E-state index is -0.0798. The highest BCUT2D eigenvalue weighted by molar-refractivity contribution is 7.80. The van der Waals surface area contributed by atoms with E-state index in [0.717, 1.165) is 36.3 Å². The van der Waals surface area contributed by atoms with Crippen molar-refractivity contribution in [2.45, 2.75) is 25.3 Å². The van der Waals surface area contributed by atoms with Crippen LogP contribution in [0.4, 0.5) is 5.82 Å². The Morgan fingerprint density at radius 2 is 2.40 bits per heavy atom. The molecule has 0 bridgehead atoms. The zero-order valence-corrected chi connectivity index (χ0v) is 12.2. The molecule has 0 saturated carbocycles. The number of hydrogen-bond donors (Lipinski definition) is 2. The Hall–Kier alpha value is -1.24. The van der Waals surface area contributed by atoms with Gasteiger partial charge in [0, 0.05) is 12.2 Å². The van der Waals surface area contributed by atoms with Crippen LogP contribution in [0.1, 0.15) is 23.2 Å². The van der Waals surface area contributed by atoms with Crippen LogP contribution in [0.3, 0.4) is 0 Å². The summed E-state index contributed by atoms with van der Waals surface area (Å²) in [7, 11) is 0. The van der Waals surface area contributed by atoms with Crippen LogP contribution in [-0.2, 0) is 17.6 Å². The van der Waals surface area contributed by atoms with Crippen LogP contribution in [0, 0.1) is 0 Å². The molecule has 1 unspecified atom stereocenters. The van der Waals surface area contributed by atoms with E-state index >= 15 is 0 Å². The lowest BCUT2D eigenvalue weighted by Crippen LogP contribution is -2.48. The molecule has 1 fully saturated rings.